The summed E-state index contributed by atoms with van der Waals surface area (Å²) in [6, 6.07) is 14.2. The largest absolute Gasteiger partial charge is 0.358 e. The van der Waals surface area contributed by atoms with Crippen molar-refractivity contribution in [3.8, 4) is 0 Å². The third-order valence-electron chi connectivity index (χ3n) is 4.70. The number of nitrogens with zero attached hydrogens (tertiary/aromatic N) is 4. The Morgan fingerprint density at radius 2 is 1.88 bits per heavy atom. The van der Waals surface area contributed by atoms with Crippen molar-refractivity contribution in [1.29, 1.82) is 0 Å². The maximum Gasteiger partial charge on any atom is 0.246 e. The van der Waals surface area contributed by atoms with Crippen LogP contribution in [0.15, 0.2) is 59.4 Å². The summed E-state index contributed by atoms with van der Waals surface area (Å²) in [7, 11) is 0. The number of rotatable bonds is 6. The molecule has 1 aromatic carbocycles. The molecule has 7 heteroatoms. The number of hydrogen-bond acceptors (Lipinski definition) is 6. The average Bonchev–Trinajstić information content (AvgIpc) is 3.10. The van der Waals surface area contributed by atoms with Crippen molar-refractivity contribution in [3.05, 3.63) is 72.1 Å². The van der Waals surface area contributed by atoms with Gasteiger partial charge >= 0.3 is 0 Å². The number of anilines is 1. The molecule has 0 unspecified atom stereocenters. The molecule has 0 atom stereocenters. The maximum absolute atomic E-state index is 6.30. The smallest absolute Gasteiger partial charge is 0.246 e. The minimum Gasteiger partial charge on any atom is -0.358 e. The van der Waals surface area contributed by atoms with Crippen LogP contribution in [0, 0.1) is 0 Å². The summed E-state index contributed by atoms with van der Waals surface area (Å²) in [6.07, 6.45) is 6.62. The molecular weight excluding hydrogens is 350 g/mol. The Bertz CT molecular complexity index is 820. The fourth-order valence-corrected chi connectivity index (χ4v) is 3.06. The van der Waals surface area contributed by atoms with E-state index >= 15 is 0 Å². The van der Waals surface area contributed by atoms with Crippen LogP contribution in [-0.4, -0.2) is 15.1 Å². The number of pyridine rings is 1. The van der Waals surface area contributed by atoms with Crippen LogP contribution < -0.4 is 10.6 Å². The molecule has 0 saturated heterocycles. The van der Waals surface area contributed by atoms with Crippen molar-refractivity contribution in [2.75, 3.05) is 4.90 Å². The van der Waals surface area contributed by atoms with Gasteiger partial charge in [0, 0.05) is 24.6 Å². The Hall–Kier alpha value is -2.44. The van der Waals surface area contributed by atoms with E-state index in [1.54, 1.807) is 6.20 Å². The number of benzene rings is 1. The van der Waals surface area contributed by atoms with Crippen molar-refractivity contribution in [3.63, 3.8) is 0 Å². The number of hydrogen-bond donors (Lipinski definition) is 1. The van der Waals surface area contributed by atoms with Crippen LogP contribution in [0.4, 0.5) is 5.69 Å². The topological polar surface area (TPSA) is 81.1 Å². The Labute approximate surface area is 158 Å². The molecule has 2 heterocycles. The predicted molar refractivity (Wildman–Crippen MR) is 102 cm³/mol. The van der Waals surface area contributed by atoms with Gasteiger partial charge in [0.2, 0.25) is 5.89 Å². The second-order valence-electron chi connectivity index (χ2n) is 6.57. The van der Waals surface area contributed by atoms with E-state index in [2.05, 4.69) is 38.2 Å². The highest BCUT2D eigenvalue weighted by atomic mass is 35.5. The molecule has 2 aromatic heterocycles. The van der Waals surface area contributed by atoms with E-state index in [4.69, 9.17) is 10.3 Å². The van der Waals surface area contributed by atoms with Crippen LogP contribution >= 0.6 is 12.4 Å². The third kappa shape index (κ3) is 3.86. The predicted octanol–water partition coefficient (Wildman–Crippen LogP) is 3.43. The molecule has 4 rings (SSSR count). The van der Waals surface area contributed by atoms with Gasteiger partial charge in [-0.2, -0.15) is 4.98 Å². The molecule has 0 aliphatic heterocycles. The minimum atomic E-state index is -0.400. The van der Waals surface area contributed by atoms with Crippen LogP contribution in [0.5, 0.6) is 0 Å². The number of halogens is 1. The molecule has 3 aromatic rings. The van der Waals surface area contributed by atoms with Gasteiger partial charge in [-0.3, -0.25) is 4.98 Å². The zero-order chi connectivity index (χ0) is 17.1. The molecule has 0 bridgehead atoms. The molecule has 2 N–H and O–H groups in total. The van der Waals surface area contributed by atoms with Gasteiger partial charge in [0.25, 0.3) is 0 Å². The zero-order valence-corrected chi connectivity index (χ0v) is 15.2. The highest BCUT2D eigenvalue weighted by Gasteiger charge is 2.39. The summed E-state index contributed by atoms with van der Waals surface area (Å²) < 4.78 is 5.48. The standard InChI is InChI=1S/C19H21N5O.ClH/c20-19(9-5-10-19)18-22-17(25-23-18)14-24(16-7-2-1-3-8-16)13-15-6-4-11-21-12-15;/h1-4,6-8,11-12H,5,9-10,13-14,20H2;1H. The second kappa shape index (κ2) is 7.85. The lowest BCUT2D eigenvalue weighted by Crippen LogP contribution is -2.44. The lowest BCUT2D eigenvalue weighted by molar-refractivity contribution is 0.229. The van der Waals surface area contributed by atoms with Gasteiger partial charge in [-0.15, -0.1) is 12.4 Å². The third-order valence-corrected chi connectivity index (χ3v) is 4.70. The molecule has 0 radical (unpaired) electrons. The highest BCUT2D eigenvalue weighted by molar-refractivity contribution is 5.85. The van der Waals surface area contributed by atoms with Crippen LogP contribution in [0.1, 0.15) is 36.5 Å². The molecular formula is C19H22ClN5O. The molecule has 6 nitrogen and oxygen atoms in total. The summed E-state index contributed by atoms with van der Waals surface area (Å²) in [5.41, 5.74) is 8.12. The van der Waals surface area contributed by atoms with E-state index in [-0.39, 0.29) is 12.4 Å². The molecule has 1 fully saturated rings. The van der Waals surface area contributed by atoms with Crippen LogP contribution in [-0.2, 0) is 18.6 Å². The van der Waals surface area contributed by atoms with Crippen molar-refractivity contribution in [2.24, 2.45) is 5.73 Å². The molecule has 1 aliphatic rings. The van der Waals surface area contributed by atoms with Gasteiger partial charge in [0.15, 0.2) is 5.82 Å². The Morgan fingerprint density at radius 1 is 1.08 bits per heavy atom. The van der Waals surface area contributed by atoms with Crippen molar-refractivity contribution < 1.29 is 4.52 Å². The number of aromatic nitrogens is 3. The summed E-state index contributed by atoms with van der Waals surface area (Å²) >= 11 is 0. The van der Waals surface area contributed by atoms with E-state index in [0.29, 0.717) is 24.8 Å². The summed E-state index contributed by atoms with van der Waals surface area (Å²) in [4.78, 5) is 10.9. The quantitative estimate of drug-likeness (QED) is 0.714. The number of para-hydroxylation sites is 1. The minimum absolute atomic E-state index is 0. The molecule has 136 valence electrons. The fourth-order valence-electron chi connectivity index (χ4n) is 3.06. The average molecular weight is 372 g/mol. The van der Waals surface area contributed by atoms with Gasteiger partial charge < -0.3 is 15.2 Å². The van der Waals surface area contributed by atoms with Gasteiger partial charge in [0.1, 0.15) is 0 Å². The summed E-state index contributed by atoms with van der Waals surface area (Å²) in [6.45, 7) is 1.24. The van der Waals surface area contributed by atoms with Crippen molar-refractivity contribution in [1.82, 2.24) is 15.1 Å². The summed E-state index contributed by atoms with van der Waals surface area (Å²) in [5.74, 6) is 1.21. The fraction of sp³-hybridized carbons (Fsp3) is 0.316. The molecule has 26 heavy (non-hydrogen) atoms. The van der Waals surface area contributed by atoms with E-state index in [1.165, 1.54) is 0 Å². The molecule has 1 aliphatic carbocycles. The van der Waals surface area contributed by atoms with E-state index < -0.39 is 5.54 Å². The Kier molecular flexibility index (Phi) is 5.54. The molecule has 1 saturated carbocycles. The zero-order valence-electron chi connectivity index (χ0n) is 14.4. The van der Waals surface area contributed by atoms with E-state index in [9.17, 15) is 0 Å². The lowest BCUT2D eigenvalue weighted by Gasteiger charge is -2.34. The normalized spacial score (nSPS) is 15.0. The molecule has 0 spiro atoms. The Balaban J connectivity index is 0.00000196. The van der Waals surface area contributed by atoms with Gasteiger partial charge in [-0.05, 0) is 43.0 Å². The van der Waals surface area contributed by atoms with E-state index in [0.717, 1.165) is 30.5 Å². The van der Waals surface area contributed by atoms with Crippen LogP contribution in [0.2, 0.25) is 0 Å². The first-order chi connectivity index (χ1) is 12.2. The monoisotopic (exact) mass is 371 g/mol. The van der Waals surface area contributed by atoms with Crippen LogP contribution in [0.25, 0.3) is 0 Å². The molecule has 0 amide bonds. The second-order valence-corrected chi connectivity index (χ2v) is 6.57. The van der Waals surface area contributed by atoms with Crippen molar-refractivity contribution in [2.45, 2.75) is 37.9 Å². The first kappa shape index (κ1) is 18.4. The van der Waals surface area contributed by atoms with Crippen molar-refractivity contribution >= 4 is 18.1 Å². The van der Waals surface area contributed by atoms with E-state index in [1.807, 2.05) is 30.5 Å². The highest BCUT2D eigenvalue weighted by Crippen LogP contribution is 2.37. The number of nitrogens with two attached hydrogens (primary N) is 1. The first-order valence-corrected chi connectivity index (χ1v) is 8.54. The first-order valence-electron chi connectivity index (χ1n) is 8.54. The van der Waals surface area contributed by atoms with Gasteiger partial charge in [-0.1, -0.05) is 29.4 Å². The van der Waals surface area contributed by atoms with Gasteiger partial charge in [0.05, 0.1) is 12.1 Å². The van der Waals surface area contributed by atoms with Gasteiger partial charge in [-0.25, -0.2) is 0 Å². The summed E-state index contributed by atoms with van der Waals surface area (Å²) in [5, 5.41) is 4.11. The maximum atomic E-state index is 6.30. The SMILES string of the molecule is Cl.NC1(c2noc(CN(Cc3cccnc3)c3ccccc3)n2)CCC1. The van der Waals surface area contributed by atoms with Crippen LogP contribution in [0.3, 0.4) is 0 Å². The Morgan fingerprint density at radius 3 is 2.54 bits per heavy atom. The lowest BCUT2D eigenvalue weighted by atomic mass is 9.77.